The molecule has 0 saturated carbocycles. The van der Waals surface area contributed by atoms with Crippen molar-refractivity contribution >= 4 is 0 Å². The fourth-order valence-electron chi connectivity index (χ4n) is 3.97. The lowest BCUT2D eigenvalue weighted by Gasteiger charge is -2.38. The summed E-state index contributed by atoms with van der Waals surface area (Å²) >= 11 is 0. The van der Waals surface area contributed by atoms with Crippen LogP contribution < -0.4 is 4.74 Å². The highest BCUT2D eigenvalue weighted by Crippen LogP contribution is 2.30. The number of ether oxygens (including phenoxy) is 1. The Morgan fingerprint density at radius 2 is 1.90 bits per heavy atom. The second-order valence-electron chi connectivity index (χ2n) is 8.01. The summed E-state index contributed by atoms with van der Waals surface area (Å²) in [7, 11) is 1.65. The summed E-state index contributed by atoms with van der Waals surface area (Å²) in [6, 6.07) is 18.2. The first-order valence-corrected chi connectivity index (χ1v) is 10.1. The number of methoxy groups -OCH3 is 1. The van der Waals surface area contributed by atoms with Crippen LogP contribution in [0.15, 0.2) is 59.1 Å². The molecule has 1 aliphatic heterocycles. The van der Waals surface area contributed by atoms with Crippen molar-refractivity contribution in [1.82, 2.24) is 10.1 Å². The van der Waals surface area contributed by atoms with Gasteiger partial charge >= 0.3 is 0 Å². The summed E-state index contributed by atoms with van der Waals surface area (Å²) in [5, 5.41) is 15.3. The molecule has 2 aromatic carbocycles. The summed E-state index contributed by atoms with van der Waals surface area (Å²) in [4.78, 5) is 2.42. The van der Waals surface area contributed by atoms with Crippen LogP contribution in [0.3, 0.4) is 0 Å². The van der Waals surface area contributed by atoms with E-state index < -0.39 is 5.60 Å². The lowest BCUT2D eigenvalue weighted by Crippen LogP contribution is -2.45. The van der Waals surface area contributed by atoms with Crippen LogP contribution in [-0.2, 0) is 13.0 Å². The van der Waals surface area contributed by atoms with E-state index in [-0.39, 0.29) is 0 Å². The number of aromatic nitrogens is 1. The average molecular weight is 392 g/mol. The third-order valence-corrected chi connectivity index (χ3v) is 5.87. The van der Waals surface area contributed by atoms with Gasteiger partial charge in [-0.2, -0.15) is 0 Å². The summed E-state index contributed by atoms with van der Waals surface area (Å²) in [6.45, 7) is 4.84. The van der Waals surface area contributed by atoms with Gasteiger partial charge in [0.1, 0.15) is 17.2 Å². The number of aryl methyl sites for hydroxylation is 1. The predicted molar refractivity (Wildman–Crippen MR) is 113 cm³/mol. The van der Waals surface area contributed by atoms with Gasteiger partial charge in [0.2, 0.25) is 0 Å². The van der Waals surface area contributed by atoms with Crippen molar-refractivity contribution < 1.29 is 14.4 Å². The molecule has 0 amide bonds. The molecule has 1 N–H and O–H groups in total. The Balaban J connectivity index is 1.37. The van der Waals surface area contributed by atoms with Crippen molar-refractivity contribution in [2.45, 2.75) is 38.3 Å². The van der Waals surface area contributed by atoms with E-state index in [9.17, 15) is 5.11 Å². The van der Waals surface area contributed by atoms with Crippen molar-refractivity contribution in [3.63, 3.8) is 0 Å². The highest BCUT2D eigenvalue weighted by atomic mass is 16.5. The quantitative estimate of drug-likeness (QED) is 0.680. The average Bonchev–Trinajstić information content (AvgIpc) is 3.19. The molecule has 0 unspecified atom stereocenters. The van der Waals surface area contributed by atoms with Crippen LogP contribution in [0.4, 0.5) is 0 Å². The molecule has 0 radical (unpaired) electrons. The maximum absolute atomic E-state index is 11.1. The zero-order valence-electron chi connectivity index (χ0n) is 17.1. The first-order valence-electron chi connectivity index (χ1n) is 10.1. The number of aliphatic hydroxyl groups is 1. The maximum atomic E-state index is 11.1. The molecule has 152 valence electrons. The Kier molecular flexibility index (Phi) is 5.69. The molecule has 1 fully saturated rings. The Morgan fingerprint density at radius 3 is 2.66 bits per heavy atom. The van der Waals surface area contributed by atoms with Crippen molar-refractivity contribution in [2.75, 3.05) is 20.2 Å². The first kappa shape index (κ1) is 19.7. The van der Waals surface area contributed by atoms with E-state index in [2.05, 4.69) is 41.2 Å². The minimum Gasteiger partial charge on any atom is -0.497 e. The SMILES string of the molecule is COc1cccc(-c2cc(CC3(O)CCN(Cc4ccccc4C)CC3)on2)c1. The monoisotopic (exact) mass is 392 g/mol. The van der Waals surface area contributed by atoms with Crippen molar-refractivity contribution in [3.8, 4) is 17.0 Å². The van der Waals surface area contributed by atoms with E-state index in [1.54, 1.807) is 7.11 Å². The zero-order chi connectivity index (χ0) is 20.3. The molecule has 5 heteroatoms. The van der Waals surface area contributed by atoms with Gasteiger partial charge in [0.05, 0.1) is 12.7 Å². The van der Waals surface area contributed by atoms with Gasteiger partial charge < -0.3 is 14.4 Å². The number of piperidine rings is 1. The van der Waals surface area contributed by atoms with Gasteiger partial charge in [0.25, 0.3) is 0 Å². The van der Waals surface area contributed by atoms with Crippen LogP contribution in [0.2, 0.25) is 0 Å². The van der Waals surface area contributed by atoms with Crippen LogP contribution >= 0.6 is 0 Å². The fourth-order valence-corrected chi connectivity index (χ4v) is 3.97. The maximum Gasteiger partial charge on any atom is 0.140 e. The lowest BCUT2D eigenvalue weighted by molar-refractivity contribution is -0.0265. The molecule has 1 aromatic heterocycles. The second-order valence-corrected chi connectivity index (χ2v) is 8.01. The summed E-state index contributed by atoms with van der Waals surface area (Å²) in [6.07, 6.45) is 1.95. The third kappa shape index (κ3) is 4.69. The van der Waals surface area contributed by atoms with Gasteiger partial charge in [-0.05, 0) is 43.0 Å². The molecule has 0 bridgehead atoms. The predicted octanol–water partition coefficient (Wildman–Crippen LogP) is 4.23. The summed E-state index contributed by atoms with van der Waals surface area (Å²) in [5.41, 5.74) is 3.64. The highest BCUT2D eigenvalue weighted by Gasteiger charge is 2.33. The van der Waals surface area contributed by atoms with E-state index >= 15 is 0 Å². The zero-order valence-corrected chi connectivity index (χ0v) is 17.1. The molecule has 29 heavy (non-hydrogen) atoms. The number of hydrogen-bond acceptors (Lipinski definition) is 5. The van der Waals surface area contributed by atoms with Crippen molar-refractivity contribution in [2.24, 2.45) is 0 Å². The van der Waals surface area contributed by atoms with Crippen LogP contribution in [0.25, 0.3) is 11.3 Å². The van der Waals surface area contributed by atoms with Gasteiger partial charge in [-0.1, -0.05) is 41.6 Å². The minimum atomic E-state index is -0.743. The van der Waals surface area contributed by atoms with E-state index in [1.807, 2.05) is 30.3 Å². The Morgan fingerprint density at radius 1 is 1.10 bits per heavy atom. The second kappa shape index (κ2) is 8.39. The van der Waals surface area contributed by atoms with E-state index in [1.165, 1.54) is 11.1 Å². The van der Waals surface area contributed by atoms with E-state index in [0.29, 0.717) is 6.42 Å². The molecule has 3 aromatic rings. The van der Waals surface area contributed by atoms with Crippen LogP contribution in [0.5, 0.6) is 5.75 Å². The molecule has 2 heterocycles. The van der Waals surface area contributed by atoms with Gasteiger partial charge in [-0.25, -0.2) is 0 Å². The third-order valence-electron chi connectivity index (χ3n) is 5.87. The summed E-state index contributed by atoms with van der Waals surface area (Å²) in [5.74, 6) is 1.50. The minimum absolute atomic E-state index is 0.488. The molecule has 5 nitrogen and oxygen atoms in total. The Labute approximate surface area is 171 Å². The van der Waals surface area contributed by atoms with Gasteiger partial charge in [0, 0.05) is 37.7 Å². The number of hydrogen-bond donors (Lipinski definition) is 1. The lowest BCUT2D eigenvalue weighted by atomic mass is 9.87. The molecule has 1 aliphatic rings. The van der Waals surface area contributed by atoms with Crippen LogP contribution in [-0.4, -0.2) is 41.0 Å². The van der Waals surface area contributed by atoms with Crippen LogP contribution in [0, 0.1) is 6.92 Å². The first-order chi connectivity index (χ1) is 14.0. The number of benzene rings is 2. The van der Waals surface area contributed by atoms with E-state index in [0.717, 1.165) is 55.2 Å². The smallest absolute Gasteiger partial charge is 0.140 e. The van der Waals surface area contributed by atoms with Crippen molar-refractivity contribution in [3.05, 3.63) is 71.5 Å². The molecule has 0 aliphatic carbocycles. The van der Waals surface area contributed by atoms with Crippen LogP contribution in [0.1, 0.15) is 29.7 Å². The molecule has 1 saturated heterocycles. The molecule has 0 spiro atoms. The molecule has 4 rings (SSSR count). The van der Waals surface area contributed by atoms with E-state index in [4.69, 9.17) is 9.26 Å². The normalized spacial score (nSPS) is 16.7. The number of rotatable bonds is 6. The van der Waals surface area contributed by atoms with Gasteiger partial charge in [0.15, 0.2) is 0 Å². The van der Waals surface area contributed by atoms with Gasteiger partial charge in [-0.15, -0.1) is 0 Å². The molecular weight excluding hydrogens is 364 g/mol. The Hall–Kier alpha value is -2.63. The number of nitrogens with zero attached hydrogens (tertiary/aromatic N) is 2. The van der Waals surface area contributed by atoms with Gasteiger partial charge in [-0.3, -0.25) is 4.90 Å². The number of likely N-dealkylation sites (tertiary alicyclic amines) is 1. The molecular formula is C24H28N2O3. The molecule has 0 atom stereocenters. The Bertz CT molecular complexity index is 958. The topological polar surface area (TPSA) is 58.7 Å². The standard InChI is InChI=1S/C24H28N2O3/c1-18-6-3-4-7-20(18)17-26-12-10-24(27,11-13-26)16-22-15-23(25-29-22)19-8-5-9-21(14-19)28-2/h3-9,14-15,27H,10-13,16-17H2,1-2H3. The summed E-state index contributed by atoms with van der Waals surface area (Å²) < 4.78 is 10.8. The largest absolute Gasteiger partial charge is 0.497 e. The van der Waals surface area contributed by atoms with Crippen molar-refractivity contribution in [1.29, 1.82) is 0 Å². The highest BCUT2D eigenvalue weighted by molar-refractivity contribution is 5.60. The fraction of sp³-hybridized carbons (Fsp3) is 0.375.